The maximum Gasteiger partial charge on any atom is 0.255 e. The number of methoxy groups -OCH3 is 3. The number of nitrogens with zero attached hydrogens (tertiary/aromatic N) is 3. The highest BCUT2D eigenvalue weighted by atomic mass is 16.5. The molecular weight excluding hydrogens is 498 g/mol. The maximum absolute atomic E-state index is 14.0. The summed E-state index contributed by atoms with van der Waals surface area (Å²) < 4.78 is 24.5. The van der Waals surface area contributed by atoms with Crippen molar-refractivity contribution in [3.63, 3.8) is 0 Å². The van der Waals surface area contributed by atoms with E-state index in [1.54, 1.807) is 44.2 Å². The van der Waals surface area contributed by atoms with E-state index in [0.29, 0.717) is 58.1 Å². The fourth-order valence-electron chi connectivity index (χ4n) is 4.57. The van der Waals surface area contributed by atoms with E-state index in [1.807, 2.05) is 55.5 Å². The number of allylic oxidation sites excluding steroid dienone is 1. The van der Waals surface area contributed by atoms with Gasteiger partial charge in [-0.15, -0.1) is 0 Å². The molecule has 0 saturated heterocycles. The largest absolute Gasteiger partial charge is 0.497 e. The van der Waals surface area contributed by atoms with E-state index in [9.17, 15) is 4.79 Å². The third-order valence-electron chi connectivity index (χ3n) is 6.44. The molecule has 200 valence electrons. The molecule has 3 aromatic carbocycles. The Kier molecular flexibility index (Phi) is 7.35. The van der Waals surface area contributed by atoms with E-state index in [-0.39, 0.29) is 5.91 Å². The minimum Gasteiger partial charge on any atom is -0.497 e. The lowest BCUT2D eigenvalue weighted by Gasteiger charge is -2.30. The van der Waals surface area contributed by atoms with E-state index in [0.717, 1.165) is 5.56 Å². The molecule has 1 aromatic heterocycles. The first-order chi connectivity index (χ1) is 19.0. The van der Waals surface area contributed by atoms with Gasteiger partial charge in [-0.2, -0.15) is 10.1 Å². The Morgan fingerprint density at radius 2 is 1.77 bits per heavy atom. The van der Waals surface area contributed by atoms with Crippen LogP contribution in [0.5, 0.6) is 23.0 Å². The Labute approximate surface area is 226 Å². The third-order valence-corrected chi connectivity index (χ3v) is 6.44. The monoisotopic (exact) mass is 527 g/mol. The summed E-state index contributed by atoms with van der Waals surface area (Å²) in [6, 6.07) is 20.0. The number of para-hydroxylation sites is 1. The highest BCUT2D eigenvalue weighted by Crippen LogP contribution is 2.43. The molecule has 5 rings (SSSR count). The molecule has 10 heteroatoms. The first-order valence-electron chi connectivity index (χ1n) is 12.3. The number of ether oxygens (including phenoxy) is 4. The smallest absolute Gasteiger partial charge is 0.255 e. The van der Waals surface area contributed by atoms with E-state index in [2.05, 4.69) is 20.7 Å². The van der Waals surface area contributed by atoms with E-state index >= 15 is 0 Å². The fraction of sp³-hybridized carbons (Fsp3) is 0.207. The van der Waals surface area contributed by atoms with E-state index in [1.165, 1.54) is 6.33 Å². The van der Waals surface area contributed by atoms with Crippen LogP contribution in [0.1, 0.15) is 24.1 Å². The molecule has 1 aliphatic heterocycles. The van der Waals surface area contributed by atoms with Crippen LogP contribution in [-0.4, -0.2) is 42.0 Å². The van der Waals surface area contributed by atoms with Crippen LogP contribution in [0.15, 0.2) is 84.3 Å². The summed E-state index contributed by atoms with van der Waals surface area (Å²) in [5.74, 6) is 2.28. The minimum absolute atomic E-state index is 0.314. The molecule has 1 atom stereocenters. The Hall–Kier alpha value is -4.99. The standard InChI is InChI=1S/C29H29N5O5/c1-18-25(28(35)33-22-15-20(36-2)13-14-23(22)37-3)26(34-29(32-18)30-17-31-34)21-11-8-12-24(38-4)27(21)39-16-19-9-6-5-7-10-19/h5-15,17,26H,16H2,1-4H3,(H,33,35)(H,30,31,32). The van der Waals surface area contributed by atoms with Gasteiger partial charge in [0.2, 0.25) is 5.95 Å². The molecule has 0 radical (unpaired) electrons. The SMILES string of the molecule is COc1ccc(OC)c(NC(=O)C2=C(C)Nc3ncnn3C2c2cccc(OC)c2OCc2ccccc2)c1. The fourth-order valence-corrected chi connectivity index (χ4v) is 4.57. The normalized spacial score (nSPS) is 14.2. The molecule has 0 bridgehead atoms. The number of aromatic nitrogens is 3. The van der Waals surface area contributed by atoms with Crippen LogP contribution in [0.25, 0.3) is 0 Å². The van der Waals surface area contributed by atoms with Crippen LogP contribution in [-0.2, 0) is 11.4 Å². The van der Waals surface area contributed by atoms with Gasteiger partial charge in [0, 0.05) is 17.3 Å². The van der Waals surface area contributed by atoms with E-state index < -0.39 is 6.04 Å². The van der Waals surface area contributed by atoms with Gasteiger partial charge in [0.15, 0.2) is 11.5 Å². The Morgan fingerprint density at radius 3 is 2.51 bits per heavy atom. The van der Waals surface area contributed by atoms with Crippen LogP contribution in [0.4, 0.5) is 11.6 Å². The number of rotatable bonds is 9. The predicted molar refractivity (Wildman–Crippen MR) is 146 cm³/mol. The molecule has 1 aliphatic rings. The van der Waals surface area contributed by atoms with Gasteiger partial charge < -0.3 is 29.6 Å². The summed E-state index contributed by atoms with van der Waals surface area (Å²) in [5, 5.41) is 10.6. The lowest BCUT2D eigenvalue weighted by atomic mass is 9.93. The second kappa shape index (κ2) is 11.2. The number of benzene rings is 3. The number of fused-ring (bicyclic) bond motifs is 1. The second-order valence-electron chi connectivity index (χ2n) is 8.77. The number of hydrogen-bond acceptors (Lipinski definition) is 8. The maximum atomic E-state index is 14.0. The molecule has 4 aromatic rings. The summed E-state index contributed by atoms with van der Waals surface area (Å²) in [6.07, 6.45) is 1.44. The topological polar surface area (TPSA) is 109 Å². The molecule has 0 spiro atoms. The van der Waals surface area contributed by atoms with Crippen molar-refractivity contribution in [2.45, 2.75) is 19.6 Å². The molecule has 0 saturated carbocycles. The van der Waals surface area contributed by atoms with Gasteiger partial charge in [-0.1, -0.05) is 42.5 Å². The Morgan fingerprint density at radius 1 is 0.974 bits per heavy atom. The first-order valence-corrected chi connectivity index (χ1v) is 12.3. The number of nitrogens with one attached hydrogen (secondary N) is 2. The molecule has 10 nitrogen and oxygen atoms in total. The van der Waals surface area contributed by atoms with Gasteiger partial charge in [-0.05, 0) is 30.7 Å². The van der Waals surface area contributed by atoms with Crippen molar-refractivity contribution in [1.29, 1.82) is 0 Å². The first kappa shape index (κ1) is 25.7. The molecule has 2 N–H and O–H groups in total. The van der Waals surface area contributed by atoms with Gasteiger partial charge in [-0.3, -0.25) is 4.79 Å². The van der Waals surface area contributed by atoms with Crippen molar-refractivity contribution < 1.29 is 23.7 Å². The van der Waals surface area contributed by atoms with Gasteiger partial charge >= 0.3 is 0 Å². The summed E-state index contributed by atoms with van der Waals surface area (Å²) in [6.45, 7) is 2.14. The van der Waals surface area contributed by atoms with Crippen molar-refractivity contribution in [3.8, 4) is 23.0 Å². The number of amides is 1. The molecule has 2 heterocycles. The zero-order valence-corrected chi connectivity index (χ0v) is 22.1. The molecule has 0 fully saturated rings. The van der Waals surface area contributed by atoms with Crippen molar-refractivity contribution in [1.82, 2.24) is 14.8 Å². The predicted octanol–water partition coefficient (Wildman–Crippen LogP) is 4.81. The zero-order valence-electron chi connectivity index (χ0n) is 22.1. The van der Waals surface area contributed by atoms with Gasteiger partial charge in [0.1, 0.15) is 30.5 Å². The van der Waals surface area contributed by atoms with E-state index in [4.69, 9.17) is 18.9 Å². The van der Waals surface area contributed by atoms with Gasteiger partial charge in [0.25, 0.3) is 5.91 Å². The highest BCUT2D eigenvalue weighted by molar-refractivity contribution is 6.07. The van der Waals surface area contributed by atoms with Crippen molar-refractivity contribution in [2.24, 2.45) is 0 Å². The van der Waals surface area contributed by atoms with Crippen LogP contribution in [0.2, 0.25) is 0 Å². The number of carbonyl (C=O) groups excluding carboxylic acids is 1. The van der Waals surface area contributed by atoms with Crippen molar-refractivity contribution >= 4 is 17.5 Å². The molecular formula is C29H29N5O5. The third kappa shape index (κ3) is 5.08. The average Bonchev–Trinajstić information content (AvgIpc) is 3.43. The number of carbonyl (C=O) groups is 1. The summed E-state index contributed by atoms with van der Waals surface area (Å²) >= 11 is 0. The van der Waals surface area contributed by atoms with Crippen LogP contribution in [0, 0.1) is 0 Å². The second-order valence-corrected chi connectivity index (χ2v) is 8.77. The molecule has 1 amide bonds. The van der Waals surface area contributed by atoms with Crippen molar-refractivity contribution in [3.05, 3.63) is 95.5 Å². The quantitative estimate of drug-likeness (QED) is 0.319. The summed E-state index contributed by atoms with van der Waals surface area (Å²) in [4.78, 5) is 18.3. The summed E-state index contributed by atoms with van der Waals surface area (Å²) in [5.41, 5.74) is 3.21. The van der Waals surface area contributed by atoms with Crippen molar-refractivity contribution in [2.75, 3.05) is 32.0 Å². The number of hydrogen-bond donors (Lipinski definition) is 2. The Balaban J connectivity index is 1.58. The number of anilines is 2. The average molecular weight is 528 g/mol. The zero-order chi connectivity index (χ0) is 27.4. The molecule has 39 heavy (non-hydrogen) atoms. The summed E-state index contributed by atoms with van der Waals surface area (Å²) in [7, 11) is 4.69. The minimum atomic E-state index is -0.666. The van der Waals surface area contributed by atoms with Gasteiger partial charge in [0.05, 0.1) is 32.6 Å². The van der Waals surface area contributed by atoms with Crippen LogP contribution in [0.3, 0.4) is 0 Å². The van der Waals surface area contributed by atoms with Crippen LogP contribution < -0.4 is 29.6 Å². The molecule has 0 aliphatic carbocycles. The van der Waals surface area contributed by atoms with Crippen LogP contribution >= 0.6 is 0 Å². The highest BCUT2D eigenvalue weighted by Gasteiger charge is 2.36. The molecule has 1 unspecified atom stereocenters. The lowest BCUT2D eigenvalue weighted by molar-refractivity contribution is -0.113. The lowest BCUT2D eigenvalue weighted by Crippen LogP contribution is -2.32. The van der Waals surface area contributed by atoms with Gasteiger partial charge in [-0.25, -0.2) is 4.68 Å². The Bertz CT molecular complexity index is 1520.